The van der Waals surface area contributed by atoms with Crippen molar-refractivity contribution < 1.29 is 0 Å². The fourth-order valence-corrected chi connectivity index (χ4v) is 2.52. The topological polar surface area (TPSA) is 29.9 Å². The summed E-state index contributed by atoms with van der Waals surface area (Å²) in [4.78, 5) is 4.31. The van der Waals surface area contributed by atoms with Gasteiger partial charge < -0.3 is 9.88 Å². The van der Waals surface area contributed by atoms with Gasteiger partial charge in [0.25, 0.3) is 0 Å². The van der Waals surface area contributed by atoms with Crippen molar-refractivity contribution in [3.63, 3.8) is 0 Å². The molecular weight excluding hydrogens is 222 g/mol. The highest BCUT2D eigenvalue weighted by Gasteiger charge is 2.17. The van der Waals surface area contributed by atoms with Crippen LogP contribution in [0.5, 0.6) is 0 Å². The summed E-state index contributed by atoms with van der Waals surface area (Å²) in [6.45, 7) is 13.3. The van der Waals surface area contributed by atoms with Gasteiger partial charge in [0.2, 0.25) is 0 Å². The number of nitrogens with one attached hydrogen (secondary N) is 1. The lowest BCUT2D eigenvalue weighted by Crippen LogP contribution is -2.23. The number of nitrogens with zero attached hydrogens (tertiary/aromatic N) is 2. The third-order valence-electron chi connectivity index (χ3n) is 3.77. The van der Waals surface area contributed by atoms with Crippen molar-refractivity contribution in [1.82, 2.24) is 14.9 Å². The van der Waals surface area contributed by atoms with E-state index >= 15 is 0 Å². The molecule has 0 saturated carbocycles. The zero-order valence-corrected chi connectivity index (χ0v) is 12.6. The summed E-state index contributed by atoms with van der Waals surface area (Å²) >= 11 is 0. The lowest BCUT2D eigenvalue weighted by atomic mass is 9.95. The van der Waals surface area contributed by atoms with Gasteiger partial charge in [-0.3, -0.25) is 0 Å². The summed E-state index contributed by atoms with van der Waals surface area (Å²) < 4.78 is 2.34. The Morgan fingerprint density at radius 1 is 1.22 bits per heavy atom. The van der Waals surface area contributed by atoms with Crippen molar-refractivity contribution in [2.45, 2.75) is 60.0 Å². The monoisotopic (exact) mass is 251 g/mol. The highest BCUT2D eigenvalue weighted by atomic mass is 15.1. The van der Waals surface area contributed by atoms with E-state index in [2.05, 4.69) is 49.5 Å². The molecule has 0 aromatic carbocycles. The Morgan fingerprint density at radius 3 is 2.44 bits per heavy atom. The van der Waals surface area contributed by atoms with Gasteiger partial charge in [-0.2, -0.15) is 0 Å². The van der Waals surface area contributed by atoms with Crippen LogP contribution in [-0.4, -0.2) is 16.1 Å². The molecule has 1 aromatic rings. The fourth-order valence-electron chi connectivity index (χ4n) is 2.52. The molecule has 18 heavy (non-hydrogen) atoms. The van der Waals surface area contributed by atoms with E-state index in [1.54, 1.807) is 0 Å². The van der Waals surface area contributed by atoms with Crippen molar-refractivity contribution >= 4 is 0 Å². The summed E-state index contributed by atoms with van der Waals surface area (Å²) in [5.74, 6) is 1.43. The molecule has 3 nitrogen and oxygen atoms in total. The van der Waals surface area contributed by atoms with Crippen molar-refractivity contribution in [2.75, 3.05) is 6.54 Å². The highest BCUT2D eigenvalue weighted by molar-refractivity contribution is 5.00. The van der Waals surface area contributed by atoms with E-state index in [0.717, 1.165) is 19.0 Å². The van der Waals surface area contributed by atoms with Crippen molar-refractivity contribution in [1.29, 1.82) is 0 Å². The second-order valence-electron chi connectivity index (χ2n) is 5.63. The smallest absolute Gasteiger partial charge is 0.0951 e. The van der Waals surface area contributed by atoms with E-state index in [1.165, 1.54) is 18.5 Å². The summed E-state index contributed by atoms with van der Waals surface area (Å²) in [6, 6.07) is 0.540. The normalized spacial score (nSPS) is 13.5. The molecule has 1 aromatic heterocycles. The molecule has 0 amide bonds. The van der Waals surface area contributed by atoms with Crippen LogP contribution in [0.15, 0.2) is 12.5 Å². The summed E-state index contributed by atoms with van der Waals surface area (Å²) in [5, 5.41) is 3.50. The number of hydrogen-bond donors (Lipinski definition) is 1. The first-order chi connectivity index (χ1) is 8.60. The SMILES string of the molecule is CCC(CC)C(C)n1cncc1CNCC(C)C. The van der Waals surface area contributed by atoms with Crippen molar-refractivity contribution in [3.05, 3.63) is 18.2 Å². The second-order valence-corrected chi connectivity index (χ2v) is 5.63. The predicted octanol–water partition coefficient (Wildman–Crippen LogP) is 3.63. The largest absolute Gasteiger partial charge is 0.330 e. The van der Waals surface area contributed by atoms with E-state index in [4.69, 9.17) is 0 Å². The molecule has 0 fully saturated rings. The number of aromatic nitrogens is 2. The molecule has 1 heterocycles. The first-order valence-electron chi connectivity index (χ1n) is 7.31. The van der Waals surface area contributed by atoms with Crippen LogP contribution in [0.4, 0.5) is 0 Å². The van der Waals surface area contributed by atoms with Crippen LogP contribution in [0.3, 0.4) is 0 Å². The van der Waals surface area contributed by atoms with Crippen LogP contribution in [-0.2, 0) is 6.54 Å². The Balaban J connectivity index is 2.63. The molecule has 1 N–H and O–H groups in total. The first kappa shape index (κ1) is 15.2. The maximum absolute atomic E-state index is 4.31. The van der Waals surface area contributed by atoms with Gasteiger partial charge in [-0.15, -0.1) is 0 Å². The van der Waals surface area contributed by atoms with Gasteiger partial charge in [0, 0.05) is 18.8 Å². The number of imidazole rings is 1. The second kappa shape index (κ2) is 7.57. The van der Waals surface area contributed by atoms with Crippen LogP contribution in [0.2, 0.25) is 0 Å². The number of rotatable bonds is 8. The lowest BCUT2D eigenvalue weighted by molar-refractivity contribution is 0.325. The molecule has 1 unspecified atom stereocenters. The molecule has 1 rings (SSSR count). The van der Waals surface area contributed by atoms with E-state index in [-0.39, 0.29) is 0 Å². The van der Waals surface area contributed by atoms with E-state index < -0.39 is 0 Å². The van der Waals surface area contributed by atoms with Gasteiger partial charge in [-0.25, -0.2) is 4.98 Å². The molecule has 0 bridgehead atoms. The average molecular weight is 251 g/mol. The van der Waals surface area contributed by atoms with Crippen molar-refractivity contribution in [2.24, 2.45) is 11.8 Å². The Bertz CT molecular complexity index is 326. The van der Waals surface area contributed by atoms with Crippen LogP contribution in [0, 0.1) is 11.8 Å². The van der Waals surface area contributed by atoms with E-state index in [1.807, 2.05) is 12.5 Å². The first-order valence-corrected chi connectivity index (χ1v) is 7.31. The van der Waals surface area contributed by atoms with Gasteiger partial charge >= 0.3 is 0 Å². The molecule has 0 saturated heterocycles. The maximum Gasteiger partial charge on any atom is 0.0951 e. The van der Waals surface area contributed by atoms with Gasteiger partial charge in [-0.1, -0.05) is 40.5 Å². The zero-order chi connectivity index (χ0) is 13.5. The minimum atomic E-state index is 0.540. The van der Waals surface area contributed by atoms with Crippen molar-refractivity contribution in [3.8, 4) is 0 Å². The highest BCUT2D eigenvalue weighted by Crippen LogP contribution is 2.25. The zero-order valence-electron chi connectivity index (χ0n) is 12.6. The average Bonchev–Trinajstić information content (AvgIpc) is 2.78. The molecule has 0 aliphatic carbocycles. The van der Waals surface area contributed by atoms with Gasteiger partial charge in [0.05, 0.1) is 12.0 Å². The predicted molar refractivity (Wildman–Crippen MR) is 77.6 cm³/mol. The minimum absolute atomic E-state index is 0.540. The third-order valence-corrected chi connectivity index (χ3v) is 3.77. The number of hydrogen-bond acceptors (Lipinski definition) is 2. The lowest BCUT2D eigenvalue weighted by Gasteiger charge is -2.24. The van der Waals surface area contributed by atoms with E-state index in [9.17, 15) is 0 Å². The molecule has 0 aliphatic rings. The Hall–Kier alpha value is -0.830. The molecule has 0 spiro atoms. The maximum atomic E-state index is 4.31. The van der Waals surface area contributed by atoms with Gasteiger partial charge in [-0.05, 0) is 25.3 Å². The standard InChI is InChI=1S/C15H29N3/c1-6-14(7-2)13(5)18-11-17-10-15(18)9-16-8-12(3)4/h10-14,16H,6-9H2,1-5H3. The van der Waals surface area contributed by atoms with Gasteiger partial charge in [0.1, 0.15) is 0 Å². The molecule has 0 radical (unpaired) electrons. The van der Waals surface area contributed by atoms with Crippen LogP contribution < -0.4 is 5.32 Å². The Kier molecular flexibility index (Phi) is 6.41. The summed E-state index contributed by atoms with van der Waals surface area (Å²) in [7, 11) is 0. The molecule has 0 aliphatic heterocycles. The quantitative estimate of drug-likeness (QED) is 0.764. The summed E-state index contributed by atoms with van der Waals surface area (Å²) in [6.07, 6.45) is 6.44. The molecular formula is C15H29N3. The molecule has 3 heteroatoms. The molecule has 1 atom stereocenters. The third kappa shape index (κ3) is 4.13. The Labute approximate surface area is 112 Å². The fraction of sp³-hybridized carbons (Fsp3) is 0.800. The van der Waals surface area contributed by atoms with Crippen LogP contribution in [0.25, 0.3) is 0 Å². The minimum Gasteiger partial charge on any atom is -0.330 e. The van der Waals surface area contributed by atoms with Crippen LogP contribution in [0.1, 0.15) is 59.2 Å². The van der Waals surface area contributed by atoms with Crippen LogP contribution >= 0.6 is 0 Å². The van der Waals surface area contributed by atoms with E-state index in [0.29, 0.717) is 12.0 Å². The Morgan fingerprint density at radius 2 is 1.89 bits per heavy atom. The molecule has 104 valence electrons. The summed E-state index contributed by atoms with van der Waals surface area (Å²) in [5.41, 5.74) is 1.30. The van der Waals surface area contributed by atoms with Gasteiger partial charge in [0.15, 0.2) is 0 Å².